The summed E-state index contributed by atoms with van der Waals surface area (Å²) in [6.45, 7) is 3.97. The minimum atomic E-state index is -1.02. The van der Waals surface area contributed by atoms with Gasteiger partial charge in [-0.25, -0.2) is 9.07 Å². The number of aliphatic hydroxyl groups is 1. The van der Waals surface area contributed by atoms with Crippen LogP contribution in [0.15, 0.2) is 30.5 Å². The van der Waals surface area contributed by atoms with Crippen LogP contribution in [0, 0.1) is 5.82 Å². The molecule has 1 N–H and O–H groups in total. The van der Waals surface area contributed by atoms with Crippen LogP contribution >= 0.6 is 0 Å². The van der Waals surface area contributed by atoms with Crippen LogP contribution < -0.4 is 4.74 Å². The smallest absolute Gasteiger partial charge is 0.165 e. The predicted molar refractivity (Wildman–Crippen MR) is 67.2 cm³/mol. The van der Waals surface area contributed by atoms with Crippen molar-refractivity contribution in [3.8, 4) is 5.75 Å². The third-order valence-electron chi connectivity index (χ3n) is 2.58. The first kappa shape index (κ1) is 13.5. The molecule has 1 aromatic carbocycles. The second-order valence-corrected chi connectivity index (χ2v) is 4.70. The summed E-state index contributed by atoms with van der Waals surface area (Å²) in [5.41, 5.74) is -0.539. The molecular weight excluding hydrogens is 249 g/mol. The van der Waals surface area contributed by atoms with Gasteiger partial charge in [-0.05, 0) is 26.0 Å². The van der Waals surface area contributed by atoms with E-state index < -0.39 is 11.4 Å². The Morgan fingerprint density at radius 2 is 2.11 bits per heavy atom. The molecule has 6 heteroatoms. The highest BCUT2D eigenvalue weighted by Gasteiger charge is 2.19. The highest BCUT2D eigenvalue weighted by Crippen LogP contribution is 2.16. The van der Waals surface area contributed by atoms with Gasteiger partial charge in [-0.3, -0.25) is 0 Å². The maximum absolute atomic E-state index is 13.3. The van der Waals surface area contributed by atoms with Crippen molar-refractivity contribution in [3.05, 3.63) is 42.0 Å². The van der Waals surface area contributed by atoms with Gasteiger partial charge in [0.2, 0.25) is 0 Å². The van der Waals surface area contributed by atoms with Gasteiger partial charge in [-0.1, -0.05) is 17.3 Å². The van der Waals surface area contributed by atoms with Gasteiger partial charge in [-0.2, -0.15) is 0 Å². The van der Waals surface area contributed by atoms with E-state index in [1.807, 2.05) is 0 Å². The number of benzene rings is 1. The molecule has 0 amide bonds. The molecule has 0 unspecified atom stereocenters. The first-order valence-electron chi connectivity index (χ1n) is 5.97. The maximum Gasteiger partial charge on any atom is 0.165 e. The van der Waals surface area contributed by atoms with Gasteiger partial charge in [0.25, 0.3) is 0 Å². The standard InChI is InChI=1S/C13H16FN3O2/c1-13(2,18)12-9-17(16-15-12)7-8-19-11-6-4-3-5-10(11)14/h3-6,9,18H,7-8H2,1-2H3. The molecule has 5 nitrogen and oxygen atoms in total. The third kappa shape index (κ3) is 3.51. The van der Waals surface area contributed by atoms with Crippen LogP contribution in [0.2, 0.25) is 0 Å². The summed E-state index contributed by atoms with van der Waals surface area (Å²) in [6.07, 6.45) is 1.64. The molecule has 0 atom stereocenters. The van der Waals surface area contributed by atoms with Crippen molar-refractivity contribution in [2.75, 3.05) is 6.61 Å². The highest BCUT2D eigenvalue weighted by atomic mass is 19.1. The van der Waals surface area contributed by atoms with Crippen molar-refractivity contribution >= 4 is 0 Å². The Morgan fingerprint density at radius 1 is 1.37 bits per heavy atom. The Bertz CT molecular complexity index is 549. The van der Waals surface area contributed by atoms with Gasteiger partial charge in [-0.15, -0.1) is 5.10 Å². The van der Waals surface area contributed by atoms with E-state index in [9.17, 15) is 9.50 Å². The zero-order valence-corrected chi connectivity index (χ0v) is 10.9. The summed E-state index contributed by atoms with van der Waals surface area (Å²) in [5, 5.41) is 17.5. The molecule has 0 spiro atoms. The van der Waals surface area contributed by atoms with Crippen LogP contribution in [-0.2, 0) is 12.1 Å². The predicted octanol–water partition coefficient (Wildman–Crippen LogP) is 1.72. The van der Waals surface area contributed by atoms with E-state index in [0.717, 1.165) is 0 Å². The first-order chi connectivity index (χ1) is 8.97. The van der Waals surface area contributed by atoms with E-state index in [-0.39, 0.29) is 12.4 Å². The molecule has 0 aliphatic carbocycles. The number of nitrogens with zero attached hydrogens (tertiary/aromatic N) is 3. The molecule has 0 fully saturated rings. The largest absolute Gasteiger partial charge is 0.489 e. The quantitative estimate of drug-likeness (QED) is 0.894. The van der Waals surface area contributed by atoms with Gasteiger partial charge in [0.05, 0.1) is 12.7 Å². The molecule has 0 aliphatic heterocycles. The van der Waals surface area contributed by atoms with Crippen LogP contribution in [0.5, 0.6) is 5.75 Å². The van der Waals surface area contributed by atoms with E-state index in [1.165, 1.54) is 6.07 Å². The van der Waals surface area contributed by atoms with E-state index in [4.69, 9.17) is 4.74 Å². The number of para-hydroxylation sites is 1. The van der Waals surface area contributed by atoms with Crippen molar-refractivity contribution in [2.45, 2.75) is 26.0 Å². The lowest BCUT2D eigenvalue weighted by Crippen LogP contribution is -2.16. The molecule has 19 heavy (non-hydrogen) atoms. The molecule has 0 saturated carbocycles. The summed E-state index contributed by atoms with van der Waals surface area (Å²) in [6, 6.07) is 6.23. The average Bonchev–Trinajstić information content (AvgIpc) is 2.80. The number of rotatable bonds is 5. The second-order valence-electron chi connectivity index (χ2n) is 4.70. The van der Waals surface area contributed by atoms with E-state index in [1.54, 1.807) is 42.9 Å². The molecular formula is C13H16FN3O2. The van der Waals surface area contributed by atoms with Crippen molar-refractivity contribution in [1.29, 1.82) is 0 Å². The Kier molecular flexibility index (Phi) is 3.80. The lowest BCUT2D eigenvalue weighted by Gasteiger charge is -2.11. The van der Waals surface area contributed by atoms with Gasteiger partial charge >= 0.3 is 0 Å². The molecule has 0 radical (unpaired) electrons. The Balaban J connectivity index is 1.90. The first-order valence-corrected chi connectivity index (χ1v) is 5.97. The molecule has 0 bridgehead atoms. The van der Waals surface area contributed by atoms with Gasteiger partial charge in [0, 0.05) is 0 Å². The lowest BCUT2D eigenvalue weighted by molar-refractivity contribution is 0.0737. The minimum Gasteiger partial charge on any atom is -0.489 e. The molecule has 0 saturated heterocycles. The SMILES string of the molecule is CC(C)(O)c1cn(CCOc2ccccc2F)nn1. The van der Waals surface area contributed by atoms with E-state index in [0.29, 0.717) is 12.2 Å². The van der Waals surface area contributed by atoms with Crippen LogP contribution in [-0.4, -0.2) is 26.7 Å². The number of hydrogen-bond donors (Lipinski definition) is 1. The summed E-state index contributed by atoms with van der Waals surface area (Å²) in [4.78, 5) is 0. The highest BCUT2D eigenvalue weighted by molar-refractivity contribution is 5.23. The number of aromatic nitrogens is 3. The second kappa shape index (κ2) is 5.36. The lowest BCUT2D eigenvalue weighted by atomic mass is 10.1. The van der Waals surface area contributed by atoms with Crippen molar-refractivity contribution in [1.82, 2.24) is 15.0 Å². The van der Waals surface area contributed by atoms with Crippen LogP contribution in [0.1, 0.15) is 19.5 Å². The topological polar surface area (TPSA) is 60.2 Å². The van der Waals surface area contributed by atoms with Crippen LogP contribution in [0.4, 0.5) is 4.39 Å². The van der Waals surface area contributed by atoms with E-state index in [2.05, 4.69) is 10.3 Å². The summed E-state index contributed by atoms with van der Waals surface area (Å²) < 4.78 is 20.1. The maximum atomic E-state index is 13.3. The summed E-state index contributed by atoms with van der Waals surface area (Å²) in [7, 11) is 0. The van der Waals surface area contributed by atoms with Crippen molar-refractivity contribution < 1.29 is 14.2 Å². The fourth-order valence-corrected chi connectivity index (χ4v) is 1.50. The number of hydrogen-bond acceptors (Lipinski definition) is 4. The van der Waals surface area contributed by atoms with Gasteiger partial charge < -0.3 is 9.84 Å². The van der Waals surface area contributed by atoms with Gasteiger partial charge in [0.15, 0.2) is 11.6 Å². The Morgan fingerprint density at radius 3 is 2.74 bits per heavy atom. The molecule has 0 aliphatic rings. The Labute approximate surface area is 110 Å². The van der Waals surface area contributed by atoms with Crippen LogP contribution in [0.25, 0.3) is 0 Å². The minimum absolute atomic E-state index is 0.213. The summed E-state index contributed by atoms with van der Waals surface area (Å²) in [5.74, 6) is -0.177. The van der Waals surface area contributed by atoms with E-state index >= 15 is 0 Å². The van der Waals surface area contributed by atoms with Crippen molar-refractivity contribution in [3.63, 3.8) is 0 Å². The zero-order valence-electron chi connectivity index (χ0n) is 10.9. The fourth-order valence-electron chi connectivity index (χ4n) is 1.50. The van der Waals surface area contributed by atoms with Crippen LogP contribution in [0.3, 0.4) is 0 Å². The molecule has 102 valence electrons. The zero-order chi connectivity index (χ0) is 13.9. The Hall–Kier alpha value is -1.95. The molecule has 2 aromatic rings. The van der Waals surface area contributed by atoms with Gasteiger partial charge in [0.1, 0.15) is 17.9 Å². The average molecular weight is 265 g/mol. The number of halogens is 1. The monoisotopic (exact) mass is 265 g/mol. The molecule has 1 aromatic heterocycles. The summed E-state index contributed by atoms with van der Waals surface area (Å²) >= 11 is 0. The molecule has 2 rings (SSSR count). The third-order valence-corrected chi connectivity index (χ3v) is 2.58. The fraction of sp³-hybridized carbons (Fsp3) is 0.385. The number of ether oxygens (including phenoxy) is 1. The molecule has 1 heterocycles. The van der Waals surface area contributed by atoms with Crippen molar-refractivity contribution in [2.24, 2.45) is 0 Å². The normalized spacial score (nSPS) is 11.6.